The molecule has 1 aromatic heterocycles. The molecule has 1 fully saturated rings. The highest BCUT2D eigenvalue weighted by Crippen LogP contribution is 2.36. The third kappa shape index (κ3) is 2.03. The van der Waals surface area contributed by atoms with E-state index in [2.05, 4.69) is 5.32 Å². The zero-order chi connectivity index (χ0) is 12.5. The van der Waals surface area contributed by atoms with Crippen LogP contribution < -0.4 is 5.32 Å². The van der Waals surface area contributed by atoms with Crippen LogP contribution in [-0.2, 0) is 0 Å². The molecule has 0 aliphatic heterocycles. The van der Waals surface area contributed by atoms with Crippen molar-refractivity contribution >= 4 is 11.0 Å². The van der Waals surface area contributed by atoms with Gasteiger partial charge in [-0.05, 0) is 31.5 Å². The fraction of sp³-hybridized carbons (Fsp3) is 0.467. The van der Waals surface area contributed by atoms with Crippen LogP contribution >= 0.6 is 0 Å². The first kappa shape index (κ1) is 11.7. The highest BCUT2D eigenvalue weighted by Gasteiger charge is 2.24. The van der Waals surface area contributed by atoms with Crippen LogP contribution in [-0.4, -0.2) is 7.05 Å². The summed E-state index contributed by atoms with van der Waals surface area (Å²) in [6, 6.07) is 7.20. The Morgan fingerprint density at radius 1 is 1.44 bits per heavy atom. The topological polar surface area (TPSA) is 25.2 Å². The van der Waals surface area contributed by atoms with Gasteiger partial charge in [0.05, 0.1) is 6.04 Å². The van der Waals surface area contributed by atoms with Crippen molar-refractivity contribution in [3.63, 3.8) is 0 Å². The Kier molecular flexibility index (Phi) is 3.08. The minimum absolute atomic E-state index is 0.196. The van der Waals surface area contributed by atoms with Gasteiger partial charge < -0.3 is 9.73 Å². The van der Waals surface area contributed by atoms with Crippen LogP contribution in [0.25, 0.3) is 11.0 Å². The molecule has 1 aliphatic carbocycles. The predicted molar refractivity (Wildman–Crippen MR) is 69.9 cm³/mol. The average molecular weight is 247 g/mol. The van der Waals surface area contributed by atoms with Gasteiger partial charge in [-0.1, -0.05) is 31.4 Å². The molecule has 1 heterocycles. The van der Waals surface area contributed by atoms with Crippen molar-refractivity contribution < 1.29 is 8.81 Å². The number of fused-ring (bicyclic) bond motifs is 1. The van der Waals surface area contributed by atoms with E-state index in [1.54, 1.807) is 6.07 Å². The number of nitrogens with one attached hydrogen (secondary N) is 1. The molecule has 0 radical (unpaired) electrons. The van der Waals surface area contributed by atoms with Gasteiger partial charge in [-0.15, -0.1) is 0 Å². The second-order valence-corrected chi connectivity index (χ2v) is 5.18. The fourth-order valence-corrected chi connectivity index (χ4v) is 2.66. The molecule has 0 bridgehead atoms. The number of hydrogen-bond acceptors (Lipinski definition) is 2. The maximum Gasteiger partial charge on any atom is 0.169 e. The molecule has 1 aliphatic rings. The summed E-state index contributed by atoms with van der Waals surface area (Å²) in [5.74, 6) is 1.36. The van der Waals surface area contributed by atoms with Gasteiger partial charge in [0.15, 0.2) is 11.4 Å². The van der Waals surface area contributed by atoms with Crippen LogP contribution in [0.1, 0.15) is 37.5 Å². The molecule has 1 atom stereocenters. The molecule has 0 spiro atoms. The monoisotopic (exact) mass is 247 g/mol. The highest BCUT2D eigenvalue weighted by molar-refractivity contribution is 5.78. The molecule has 3 heteroatoms. The Bertz CT molecular complexity index is 544. The molecule has 1 saturated carbocycles. The maximum atomic E-state index is 13.6. The second-order valence-electron chi connectivity index (χ2n) is 5.18. The van der Waals surface area contributed by atoms with Crippen molar-refractivity contribution in [1.82, 2.24) is 5.32 Å². The van der Waals surface area contributed by atoms with Crippen molar-refractivity contribution in [2.45, 2.75) is 31.7 Å². The quantitative estimate of drug-likeness (QED) is 0.882. The van der Waals surface area contributed by atoms with Gasteiger partial charge in [-0.25, -0.2) is 4.39 Å². The van der Waals surface area contributed by atoms with Gasteiger partial charge in [0.25, 0.3) is 0 Å². The number of furan rings is 1. The van der Waals surface area contributed by atoms with E-state index >= 15 is 0 Å². The van der Waals surface area contributed by atoms with Crippen molar-refractivity contribution in [2.75, 3.05) is 7.05 Å². The van der Waals surface area contributed by atoms with Gasteiger partial charge in [0.1, 0.15) is 5.76 Å². The van der Waals surface area contributed by atoms with E-state index in [-0.39, 0.29) is 11.9 Å². The van der Waals surface area contributed by atoms with E-state index in [0.717, 1.165) is 23.5 Å². The van der Waals surface area contributed by atoms with Crippen LogP contribution in [0, 0.1) is 11.7 Å². The molecule has 0 amide bonds. The summed E-state index contributed by atoms with van der Waals surface area (Å²) in [7, 11) is 1.94. The summed E-state index contributed by atoms with van der Waals surface area (Å²) in [6.07, 6.45) is 5.05. The first-order valence-electron chi connectivity index (χ1n) is 6.63. The standard InChI is InChI=1S/C15H18FNO/c1-17-13(8-10-4-2-5-10)14-9-11-6-3-7-12(16)15(11)18-14/h3,6-7,9-10,13,17H,2,4-5,8H2,1H3. The lowest BCUT2D eigenvalue weighted by Crippen LogP contribution is -2.22. The summed E-state index contributed by atoms with van der Waals surface area (Å²) in [5, 5.41) is 4.13. The molecule has 1 N–H and O–H groups in total. The Labute approximate surface area is 106 Å². The number of halogens is 1. The average Bonchev–Trinajstić information content (AvgIpc) is 2.73. The summed E-state index contributed by atoms with van der Waals surface area (Å²) >= 11 is 0. The van der Waals surface area contributed by atoms with E-state index in [4.69, 9.17) is 4.42 Å². The Morgan fingerprint density at radius 3 is 2.89 bits per heavy atom. The summed E-state index contributed by atoms with van der Waals surface area (Å²) in [5.41, 5.74) is 0.376. The number of rotatable bonds is 4. The van der Waals surface area contributed by atoms with E-state index in [9.17, 15) is 4.39 Å². The summed E-state index contributed by atoms with van der Waals surface area (Å²) in [6.45, 7) is 0. The summed E-state index contributed by atoms with van der Waals surface area (Å²) < 4.78 is 19.3. The highest BCUT2D eigenvalue weighted by atomic mass is 19.1. The SMILES string of the molecule is CNC(CC1CCC1)c1cc2cccc(F)c2o1. The summed E-state index contributed by atoms with van der Waals surface area (Å²) in [4.78, 5) is 0. The van der Waals surface area contributed by atoms with Gasteiger partial charge in [-0.3, -0.25) is 0 Å². The van der Waals surface area contributed by atoms with Crippen molar-refractivity contribution in [2.24, 2.45) is 5.92 Å². The smallest absolute Gasteiger partial charge is 0.169 e. The van der Waals surface area contributed by atoms with E-state index < -0.39 is 0 Å². The fourth-order valence-electron chi connectivity index (χ4n) is 2.66. The largest absolute Gasteiger partial charge is 0.456 e. The van der Waals surface area contributed by atoms with E-state index in [0.29, 0.717) is 5.58 Å². The first-order valence-corrected chi connectivity index (χ1v) is 6.63. The van der Waals surface area contributed by atoms with Gasteiger partial charge in [-0.2, -0.15) is 0 Å². The maximum absolute atomic E-state index is 13.6. The Hall–Kier alpha value is -1.35. The molecule has 96 valence electrons. The van der Waals surface area contributed by atoms with Gasteiger partial charge >= 0.3 is 0 Å². The van der Waals surface area contributed by atoms with Crippen LogP contribution in [0.4, 0.5) is 4.39 Å². The number of hydrogen-bond donors (Lipinski definition) is 1. The second kappa shape index (κ2) is 4.73. The molecule has 2 aromatic rings. The van der Waals surface area contributed by atoms with Gasteiger partial charge in [0, 0.05) is 5.39 Å². The molecule has 2 nitrogen and oxygen atoms in total. The van der Waals surface area contributed by atoms with Crippen molar-refractivity contribution in [1.29, 1.82) is 0 Å². The minimum atomic E-state index is -0.280. The van der Waals surface area contributed by atoms with Crippen LogP contribution in [0.5, 0.6) is 0 Å². The third-order valence-electron chi connectivity index (χ3n) is 4.00. The van der Waals surface area contributed by atoms with Crippen molar-refractivity contribution in [3.05, 3.63) is 35.8 Å². The lowest BCUT2D eigenvalue weighted by Gasteiger charge is -2.28. The first-order chi connectivity index (χ1) is 8.78. The number of para-hydroxylation sites is 1. The molecular weight excluding hydrogens is 229 g/mol. The molecule has 1 aromatic carbocycles. The lowest BCUT2D eigenvalue weighted by atomic mass is 9.80. The van der Waals surface area contributed by atoms with Crippen LogP contribution in [0.15, 0.2) is 28.7 Å². The molecule has 18 heavy (non-hydrogen) atoms. The predicted octanol–water partition coefficient (Wildman–Crippen LogP) is 4.02. The lowest BCUT2D eigenvalue weighted by molar-refractivity contribution is 0.253. The minimum Gasteiger partial charge on any atom is -0.456 e. The number of benzene rings is 1. The molecular formula is C15H18FNO. The molecule has 3 rings (SSSR count). The van der Waals surface area contributed by atoms with Crippen LogP contribution in [0.3, 0.4) is 0 Å². The molecule has 1 unspecified atom stereocenters. The third-order valence-corrected chi connectivity index (χ3v) is 4.00. The zero-order valence-electron chi connectivity index (χ0n) is 10.6. The van der Waals surface area contributed by atoms with E-state index in [1.807, 2.05) is 19.2 Å². The van der Waals surface area contributed by atoms with Crippen molar-refractivity contribution in [3.8, 4) is 0 Å². The van der Waals surface area contributed by atoms with Gasteiger partial charge in [0.2, 0.25) is 0 Å². The zero-order valence-corrected chi connectivity index (χ0v) is 10.6. The molecule has 0 saturated heterocycles. The normalized spacial score (nSPS) is 17.9. The Morgan fingerprint density at radius 2 is 2.28 bits per heavy atom. The van der Waals surface area contributed by atoms with Crippen LogP contribution in [0.2, 0.25) is 0 Å². The van der Waals surface area contributed by atoms with E-state index in [1.165, 1.54) is 25.3 Å². The Balaban J connectivity index is 1.89.